The molecule has 15 heavy (non-hydrogen) atoms. The van der Waals surface area contributed by atoms with Crippen molar-refractivity contribution in [2.75, 3.05) is 12.0 Å². The molecule has 0 aliphatic heterocycles. The number of carboxylic acid groups (broad SMARTS) is 2. The van der Waals surface area contributed by atoms with Gasteiger partial charge in [-0.2, -0.15) is 0 Å². The summed E-state index contributed by atoms with van der Waals surface area (Å²) in [5, 5.41) is 16.7. The van der Waals surface area contributed by atoms with Gasteiger partial charge in [0.1, 0.15) is 0 Å². The number of nitrogens with two attached hydrogens (primary N) is 1. The second-order valence-corrected chi connectivity index (χ2v) is 4.91. The fraction of sp³-hybridized carbons (Fsp3) is 0.111. The van der Waals surface area contributed by atoms with E-state index in [0.29, 0.717) is 10.6 Å². The molecule has 1 aromatic carbocycles. The maximum absolute atomic E-state index is 10.9. The third kappa shape index (κ3) is 2.41. The normalized spacial score (nSPS) is 13.3. The van der Waals surface area contributed by atoms with Crippen LogP contribution < -0.4 is 5.73 Å². The summed E-state index contributed by atoms with van der Waals surface area (Å²) in [7, 11) is -1.52. The van der Waals surface area contributed by atoms with Crippen molar-refractivity contribution >= 4 is 27.9 Å². The minimum Gasteiger partial charge on any atom is -0.478 e. The van der Waals surface area contributed by atoms with Crippen LogP contribution in [0.2, 0.25) is 0 Å². The van der Waals surface area contributed by atoms with Gasteiger partial charge in [-0.1, -0.05) is 0 Å². The Morgan fingerprint density at radius 1 is 1.33 bits per heavy atom. The van der Waals surface area contributed by atoms with Crippen molar-refractivity contribution in [3.8, 4) is 0 Å². The molecule has 1 unspecified atom stereocenters. The Kier molecular flexibility index (Phi) is 3.21. The van der Waals surface area contributed by atoms with Crippen LogP contribution >= 0.6 is 10.9 Å². The van der Waals surface area contributed by atoms with Gasteiger partial charge in [-0.05, 0) is 24.5 Å². The van der Waals surface area contributed by atoms with Crippen molar-refractivity contribution in [2.45, 2.75) is 4.90 Å². The molecule has 0 bridgehead atoms. The van der Waals surface area contributed by atoms with E-state index in [0.717, 1.165) is 0 Å². The summed E-state index contributed by atoms with van der Waals surface area (Å²) in [4.78, 5) is 21.9. The maximum Gasteiger partial charge on any atom is 0.348 e. The van der Waals surface area contributed by atoms with Crippen LogP contribution in [0.25, 0.3) is 0 Å². The molecular formula is C9H11NO4S. The van der Waals surface area contributed by atoms with Crippen LogP contribution in [0.3, 0.4) is 0 Å². The first-order chi connectivity index (χ1) is 6.93. The number of anilines is 1. The van der Waals surface area contributed by atoms with E-state index < -0.39 is 22.2 Å². The van der Waals surface area contributed by atoms with Crippen LogP contribution in [-0.2, 0) is 0 Å². The van der Waals surface area contributed by atoms with Crippen LogP contribution in [-0.4, -0.2) is 27.7 Å². The van der Waals surface area contributed by atoms with Gasteiger partial charge in [0.25, 0.3) is 0 Å². The van der Waals surface area contributed by atoms with Crippen LogP contribution in [0.1, 0.15) is 10.4 Å². The first-order valence-electron chi connectivity index (χ1n) is 4.03. The topological polar surface area (TPSA) is 101 Å². The predicted octanol–water partition coefficient (Wildman–Crippen LogP) is 1.63. The van der Waals surface area contributed by atoms with E-state index in [9.17, 15) is 9.59 Å². The van der Waals surface area contributed by atoms with Crippen LogP contribution in [0, 0.1) is 0 Å². The van der Waals surface area contributed by atoms with Crippen LogP contribution in [0.15, 0.2) is 23.1 Å². The minimum absolute atomic E-state index is 0.0361. The number of carbonyl (C=O) groups is 2. The highest BCUT2D eigenvalue weighted by Gasteiger charge is 2.17. The molecule has 6 heteroatoms. The van der Waals surface area contributed by atoms with Gasteiger partial charge in [-0.15, -0.1) is 10.9 Å². The lowest BCUT2D eigenvalue weighted by Gasteiger charge is -2.13. The number of aromatic carboxylic acids is 1. The predicted molar refractivity (Wildman–Crippen MR) is 59.0 cm³/mol. The molecule has 1 aromatic rings. The average Bonchev–Trinajstić information content (AvgIpc) is 2.16. The molecule has 5 nitrogen and oxygen atoms in total. The number of thiol groups is 1. The Balaban J connectivity index is 3.28. The molecule has 0 amide bonds. The SMILES string of the molecule is C[SH](C(=O)O)c1ccc(N)cc1C(=O)O. The van der Waals surface area contributed by atoms with E-state index in [1.54, 1.807) is 0 Å². The zero-order chi connectivity index (χ0) is 11.6. The molecule has 0 saturated carbocycles. The number of rotatable bonds is 2. The number of benzene rings is 1. The van der Waals surface area contributed by atoms with Gasteiger partial charge in [0.2, 0.25) is 0 Å². The van der Waals surface area contributed by atoms with E-state index in [-0.39, 0.29) is 5.56 Å². The highest BCUT2D eigenvalue weighted by Crippen LogP contribution is 2.36. The van der Waals surface area contributed by atoms with Crippen molar-refractivity contribution in [3.63, 3.8) is 0 Å². The van der Waals surface area contributed by atoms with Gasteiger partial charge in [0.05, 0.1) is 5.56 Å². The minimum atomic E-state index is -1.52. The molecule has 0 fully saturated rings. The summed E-state index contributed by atoms with van der Waals surface area (Å²) in [6.45, 7) is 0. The monoisotopic (exact) mass is 229 g/mol. The van der Waals surface area contributed by atoms with E-state index in [2.05, 4.69) is 0 Å². The van der Waals surface area contributed by atoms with Crippen molar-refractivity contribution in [1.82, 2.24) is 0 Å². The third-order valence-electron chi connectivity index (χ3n) is 1.90. The highest BCUT2D eigenvalue weighted by molar-refractivity contribution is 8.29. The number of hydrogen-bond donors (Lipinski definition) is 4. The zero-order valence-corrected chi connectivity index (χ0v) is 8.86. The first-order valence-corrected chi connectivity index (χ1v) is 5.82. The lowest BCUT2D eigenvalue weighted by molar-refractivity contribution is 0.0693. The third-order valence-corrected chi connectivity index (χ3v) is 3.59. The highest BCUT2D eigenvalue weighted by atomic mass is 32.2. The molecule has 0 radical (unpaired) electrons. The number of hydrogen-bond acceptors (Lipinski definition) is 3. The fourth-order valence-electron chi connectivity index (χ4n) is 1.12. The van der Waals surface area contributed by atoms with Crippen molar-refractivity contribution in [3.05, 3.63) is 23.8 Å². The van der Waals surface area contributed by atoms with Gasteiger partial charge >= 0.3 is 11.3 Å². The van der Waals surface area contributed by atoms with E-state index >= 15 is 0 Å². The molecule has 0 heterocycles. The second-order valence-electron chi connectivity index (χ2n) is 2.92. The largest absolute Gasteiger partial charge is 0.478 e. The van der Waals surface area contributed by atoms with Gasteiger partial charge in [0.15, 0.2) is 0 Å². The lowest BCUT2D eigenvalue weighted by atomic mass is 10.2. The molecule has 82 valence electrons. The standard InChI is InChI=1S/C9H11NO4S/c1-15(9(13)14)7-3-2-5(10)4-6(7)8(11)12/h2-4,15H,10H2,1H3,(H,11,12)(H,13,14). The lowest BCUT2D eigenvalue weighted by Crippen LogP contribution is -2.05. The summed E-state index contributed by atoms with van der Waals surface area (Å²) in [6, 6.07) is 4.24. The maximum atomic E-state index is 10.9. The molecule has 1 atom stereocenters. The molecule has 0 aromatic heterocycles. The van der Waals surface area contributed by atoms with Crippen molar-refractivity contribution in [2.24, 2.45) is 0 Å². The second kappa shape index (κ2) is 4.22. The summed E-state index contributed by atoms with van der Waals surface area (Å²) in [5.74, 6) is -1.16. The number of nitrogen functional groups attached to an aromatic ring is 1. The molecular weight excluding hydrogens is 218 g/mol. The van der Waals surface area contributed by atoms with Crippen molar-refractivity contribution in [1.29, 1.82) is 0 Å². The Morgan fingerprint density at radius 3 is 2.40 bits per heavy atom. The first kappa shape index (κ1) is 11.4. The Bertz CT molecular complexity index is 419. The van der Waals surface area contributed by atoms with E-state index in [4.69, 9.17) is 15.9 Å². The Labute approximate surface area is 88.9 Å². The smallest absolute Gasteiger partial charge is 0.348 e. The quantitative estimate of drug-likeness (QED) is 0.456. The van der Waals surface area contributed by atoms with Gasteiger partial charge in [-0.25, -0.2) is 9.59 Å². The van der Waals surface area contributed by atoms with Crippen molar-refractivity contribution < 1.29 is 19.8 Å². The summed E-state index contributed by atoms with van der Waals surface area (Å²) < 4.78 is 0. The van der Waals surface area contributed by atoms with Gasteiger partial charge in [-0.3, -0.25) is 0 Å². The molecule has 0 spiro atoms. The zero-order valence-electron chi connectivity index (χ0n) is 7.97. The molecule has 4 N–H and O–H groups in total. The van der Waals surface area contributed by atoms with E-state index in [1.807, 2.05) is 0 Å². The summed E-state index contributed by atoms with van der Waals surface area (Å²) in [6.07, 6.45) is 1.50. The van der Waals surface area contributed by atoms with Gasteiger partial charge < -0.3 is 15.9 Å². The molecule has 0 aliphatic carbocycles. The van der Waals surface area contributed by atoms with Gasteiger partial charge in [0, 0.05) is 10.6 Å². The summed E-state index contributed by atoms with van der Waals surface area (Å²) in [5.41, 5.74) is 5.71. The van der Waals surface area contributed by atoms with Crippen LogP contribution in [0.4, 0.5) is 10.5 Å². The molecule has 0 aliphatic rings. The number of carboxylic acids is 1. The fourth-order valence-corrected chi connectivity index (χ4v) is 2.15. The Morgan fingerprint density at radius 2 is 1.93 bits per heavy atom. The Hall–Kier alpha value is -1.69. The summed E-state index contributed by atoms with van der Waals surface area (Å²) >= 11 is 0. The molecule has 0 saturated heterocycles. The van der Waals surface area contributed by atoms with E-state index in [1.165, 1.54) is 24.5 Å². The average molecular weight is 229 g/mol. The van der Waals surface area contributed by atoms with Crippen LogP contribution in [0.5, 0.6) is 0 Å². The molecule has 1 rings (SSSR count).